The maximum Gasteiger partial charge on any atom is 0.319 e. The highest BCUT2D eigenvalue weighted by molar-refractivity contribution is 7.89. The highest BCUT2D eigenvalue weighted by Gasteiger charge is 2.29. The molecule has 3 rings (SSSR count). The molecule has 1 heterocycles. The van der Waals surface area contributed by atoms with Crippen molar-refractivity contribution in [1.82, 2.24) is 9.62 Å². The number of rotatable bonds is 8. The van der Waals surface area contributed by atoms with Gasteiger partial charge >= 0.3 is 6.03 Å². The SMILES string of the molecule is COc1cc(NC(=O)NCCC2CCN(S(=O)(=O)c3ccc(F)cc3)CC2)cc(OC)c1. The summed E-state index contributed by atoms with van der Waals surface area (Å²) < 4.78 is 50.3. The van der Waals surface area contributed by atoms with Gasteiger partial charge in [0.05, 0.1) is 19.1 Å². The third kappa shape index (κ3) is 6.10. The number of urea groups is 1. The Morgan fingerprint density at radius 3 is 2.22 bits per heavy atom. The second-order valence-electron chi connectivity index (χ2n) is 7.57. The lowest BCUT2D eigenvalue weighted by Gasteiger charge is -2.31. The van der Waals surface area contributed by atoms with E-state index in [1.54, 1.807) is 18.2 Å². The molecule has 2 aromatic rings. The predicted molar refractivity (Wildman–Crippen MR) is 119 cm³/mol. The Labute approximate surface area is 187 Å². The first-order chi connectivity index (χ1) is 15.3. The molecule has 1 fully saturated rings. The lowest BCUT2D eigenvalue weighted by molar-refractivity contribution is 0.245. The van der Waals surface area contributed by atoms with Crippen molar-refractivity contribution >= 4 is 21.7 Å². The van der Waals surface area contributed by atoms with Crippen LogP contribution in [0.15, 0.2) is 47.4 Å². The fourth-order valence-electron chi connectivity index (χ4n) is 3.64. The number of carbonyl (C=O) groups is 1. The van der Waals surface area contributed by atoms with Gasteiger partial charge < -0.3 is 20.1 Å². The summed E-state index contributed by atoms with van der Waals surface area (Å²) >= 11 is 0. The van der Waals surface area contributed by atoms with E-state index in [0.29, 0.717) is 55.6 Å². The minimum Gasteiger partial charge on any atom is -0.497 e. The Balaban J connectivity index is 1.43. The Hall–Kier alpha value is -2.85. The van der Waals surface area contributed by atoms with Crippen LogP contribution in [0.3, 0.4) is 0 Å². The van der Waals surface area contributed by atoms with Crippen molar-refractivity contribution in [2.75, 3.05) is 39.2 Å². The summed E-state index contributed by atoms with van der Waals surface area (Å²) in [5.41, 5.74) is 0.554. The summed E-state index contributed by atoms with van der Waals surface area (Å²) in [5, 5.41) is 5.58. The molecule has 0 radical (unpaired) electrons. The van der Waals surface area contributed by atoms with Gasteiger partial charge in [-0.1, -0.05) is 0 Å². The number of sulfonamides is 1. The van der Waals surface area contributed by atoms with Crippen LogP contribution >= 0.6 is 0 Å². The summed E-state index contributed by atoms with van der Waals surface area (Å²) in [7, 11) is -0.543. The molecule has 2 N–H and O–H groups in total. The van der Waals surface area contributed by atoms with E-state index in [2.05, 4.69) is 10.6 Å². The van der Waals surface area contributed by atoms with Crippen molar-refractivity contribution in [3.8, 4) is 11.5 Å². The lowest BCUT2D eigenvalue weighted by Crippen LogP contribution is -2.39. The number of halogens is 1. The first kappa shape index (κ1) is 23.8. The standard InChI is InChI=1S/C22H28FN3O5S/c1-30-19-13-18(14-20(15-19)31-2)25-22(27)24-10-7-16-8-11-26(12-9-16)32(28,29)21-5-3-17(23)4-6-21/h3-6,13-16H,7-12H2,1-2H3,(H2,24,25,27). The van der Waals surface area contributed by atoms with Crippen LogP contribution in [0.4, 0.5) is 14.9 Å². The Morgan fingerprint density at radius 2 is 1.66 bits per heavy atom. The van der Waals surface area contributed by atoms with Gasteiger partial charge in [0.25, 0.3) is 0 Å². The molecule has 8 nitrogen and oxygen atoms in total. The molecular formula is C22H28FN3O5S. The Kier molecular flexibility index (Phi) is 7.92. The molecule has 0 saturated carbocycles. The van der Waals surface area contributed by atoms with E-state index in [9.17, 15) is 17.6 Å². The molecule has 174 valence electrons. The summed E-state index contributed by atoms with van der Waals surface area (Å²) in [6, 6.07) is 9.64. The maximum absolute atomic E-state index is 13.1. The molecule has 32 heavy (non-hydrogen) atoms. The van der Waals surface area contributed by atoms with E-state index in [1.807, 2.05) is 0 Å². The van der Waals surface area contributed by atoms with Crippen LogP contribution < -0.4 is 20.1 Å². The van der Waals surface area contributed by atoms with E-state index in [0.717, 1.165) is 18.6 Å². The molecular weight excluding hydrogens is 437 g/mol. The second-order valence-corrected chi connectivity index (χ2v) is 9.51. The van der Waals surface area contributed by atoms with Crippen molar-refractivity contribution in [3.63, 3.8) is 0 Å². The van der Waals surface area contributed by atoms with Crippen molar-refractivity contribution in [2.24, 2.45) is 5.92 Å². The van der Waals surface area contributed by atoms with Gasteiger partial charge in [0.2, 0.25) is 10.0 Å². The largest absolute Gasteiger partial charge is 0.497 e. The predicted octanol–water partition coefficient (Wildman–Crippen LogP) is 3.46. The van der Waals surface area contributed by atoms with Crippen molar-refractivity contribution in [3.05, 3.63) is 48.3 Å². The second kappa shape index (κ2) is 10.6. The van der Waals surface area contributed by atoms with Crippen LogP contribution in [0.25, 0.3) is 0 Å². The molecule has 0 bridgehead atoms. The first-order valence-electron chi connectivity index (χ1n) is 10.4. The minimum absolute atomic E-state index is 0.102. The van der Waals surface area contributed by atoms with Gasteiger partial charge in [0.15, 0.2) is 0 Å². The van der Waals surface area contributed by atoms with Gasteiger partial charge in [-0.25, -0.2) is 17.6 Å². The quantitative estimate of drug-likeness (QED) is 0.622. The molecule has 0 unspecified atom stereocenters. The van der Waals surface area contributed by atoms with E-state index in [4.69, 9.17) is 9.47 Å². The number of carbonyl (C=O) groups excluding carboxylic acids is 1. The topological polar surface area (TPSA) is 97.0 Å². The summed E-state index contributed by atoms with van der Waals surface area (Å²) in [5.74, 6) is 0.987. The van der Waals surface area contributed by atoms with Gasteiger partial charge in [-0.05, 0) is 49.4 Å². The number of methoxy groups -OCH3 is 2. The average Bonchev–Trinajstić information content (AvgIpc) is 2.79. The van der Waals surface area contributed by atoms with Gasteiger partial charge in [-0.3, -0.25) is 0 Å². The molecule has 2 aromatic carbocycles. The highest BCUT2D eigenvalue weighted by atomic mass is 32.2. The number of benzene rings is 2. The number of hydrogen-bond donors (Lipinski definition) is 2. The van der Waals surface area contributed by atoms with E-state index in [-0.39, 0.29) is 10.9 Å². The summed E-state index contributed by atoms with van der Waals surface area (Å²) in [6.45, 7) is 1.28. The number of nitrogens with zero attached hydrogens (tertiary/aromatic N) is 1. The smallest absolute Gasteiger partial charge is 0.319 e. The van der Waals surface area contributed by atoms with Crippen LogP contribution in [0, 0.1) is 11.7 Å². The monoisotopic (exact) mass is 465 g/mol. The van der Waals surface area contributed by atoms with Crippen LogP contribution in [0.2, 0.25) is 0 Å². The number of ether oxygens (including phenoxy) is 2. The number of nitrogens with one attached hydrogen (secondary N) is 2. The van der Waals surface area contributed by atoms with Crippen molar-refractivity contribution in [2.45, 2.75) is 24.2 Å². The van der Waals surface area contributed by atoms with Crippen LogP contribution in [-0.4, -0.2) is 52.6 Å². The fraction of sp³-hybridized carbons (Fsp3) is 0.409. The molecule has 0 aliphatic carbocycles. The molecule has 0 atom stereocenters. The molecule has 2 amide bonds. The molecule has 0 aromatic heterocycles. The summed E-state index contributed by atoms with van der Waals surface area (Å²) in [4.78, 5) is 12.3. The first-order valence-corrected chi connectivity index (χ1v) is 11.8. The molecule has 1 aliphatic heterocycles. The molecule has 1 saturated heterocycles. The zero-order valence-corrected chi connectivity index (χ0v) is 19.0. The average molecular weight is 466 g/mol. The van der Waals surface area contributed by atoms with Gasteiger partial charge in [0.1, 0.15) is 17.3 Å². The molecule has 1 aliphatic rings. The summed E-state index contributed by atoms with van der Waals surface area (Å²) in [6.07, 6.45) is 2.16. The minimum atomic E-state index is -3.62. The van der Waals surface area contributed by atoms with E-state index < -0.39 is 15.8 Å². The van der Waals surface area contributed by atoms with Crippen molar-refractivity contribution in [1.29, 1.82) is 0 Å². The van der Waals surface area contributed by atoms with Crippen LogP contribution in [0.5, 0.6) is 11.5 Å². The van der Waals surface area contributed by atoms with Gasteiger partial charge in [0, 0.05) is 43.5 Å². The zero-order valence-electron chi connectivity index (χ0n) is 18.1. The Morgan fingerprint density at radius 1 is 1.06 bits per heavy atom. The fourth-order valence-corrected chi connectivity index (χ4v) is 5.11. The highest BCUT2D eigenvalue weighted by Crippen LogP contribution is 2.27. The number of amides is 2. The lowest BCUT2D eigenvalue weighted by atomic mass is 9.95. The molecule has 0 spiro atoms. The third-order valence-electron chi connectivity index (χ3n) is 5.47. The van der Waals surface area contributed by atoms with E-state index >= 15 is 0 Å². The van der Waals surface area contributed by atoms with Gasteiger partial charge in [-0.2, -0.15) is 4.31 Å². The van der Waals surface area contributed by atoms with Gasteiger partial charge in [-0.15, -0.1) is 0 Å². The zero-order chi connectivity index (χ0) is 23.1. The van der Waals surface area contributed by atoms with Crippen molar-refractivity contribution < 1.29 is 27.1 Å². The normalized spacial score (nSPS) is 15.2. The molecule has 10 heteroatoms. The van der Waals surface area contributed by atoms with Crippen LogP contribution in [0.1, 0.15) is 19.3 Å². The Bertz CT molecular complexity index is 1000. The number of piperidine rings is 1. The van der Waals surface area contributed by atoms with E-state index in [1.165, 1.54) is 30.7 Å². The third-order valence-corrected chi connectivity index (χ3v) is 7.39. The maximum atomic E-state index is 13.1. The number of hydrogen-bond acceptors (Lipinski definition) is 5. The van der Waals surface area contributed by atoms with Crippen LogP contribution in [-0.2, 0) is 10.0 Å². The number of anilines is 1.